The lowest BCUT2D eigenvalue weighted by Gasteiger charge is -2.38. The van der Waals surface area contributed by atoms with E-state index >= 15 is 0 Å². The third kappa shape index (κ3) is 3.39. The van der Waals surface area contributed by atoms with E-state index in [2.05, 4.69) is 12.2 Å². The van der Waals surface area contributed by atoms with Crippen molar-refractivity contribution in [2.24, 2.45) is 0 Å². The molecular weight excluding hydrogens is 281 g/mol. The fraction of sp³-hybridized carbons (Fsp3) is 0.444. The summed E-state index contributed by atoms with van der Waals surface area (Å²) in [4.78, 5) is 0. The fourth-order valence-corrected chi connectivity index (χ4v) is 3.22. The first-order chi connectivity index (χ1) is 10.6. The van der Waals surface area contributed by atoms with Gasteiger partial charge in [0.1, 0.15) is 17.7 Å². The zero-order valence-corrected chi connectivity index (χ0v) is 12.7. The summed E-state index contributed by atoms with van der Waals surface area (Å²) >= 11 is 0. The topological polar surface area (TPSA) is 45.4 Å². The third-order valence-corrected chi connectivity index (χ3v) is 4.45. The Kier molecular flexibility index (Phi) is 4.60. The number of aliphatic hydroxyl groups is 1. The van der Waals surface area contributed by atoms with Crippen molar-refractivity contribution in [3.63, 3.8) is 0 Å². The molecule has 1 saturated carbocycles. The number of hydrogen-bond acceptors (Lipinski definition) is 3. The Bertz CT molecular complexity index is 593. The minimum Gasteiger partial charge on any atom is -0.467 e. The highest BCUT2D eigenvalue weighted by Crippen LogP contribution is 2.38. The van der Waals surface area contributed by atoms with E-state index in [1.807, 2.05) is 12.1 Å². The van der Waals surface area contributed by atoms with Crippen LogP contribution in [-0.2, 0) is 0 Å². The maximum atomic E-state index is 13.7. The van der Waals surface area contributed by atoms with Crippen molar-refractivity contribution in [3.05, 3.63) is 59.8 Å². The van der Waals surface area contributed by atoms with Gasteiger partial charge in [-0.25, -0.2) is 4.39 Å². The van der Waals surface area contributed by atoms with Crippen molar-refractivity contribution < 1.29 is 13.9 Å². The van der Waals surface area contributed by atoms with Gasteiger partial charge in [-0.15, -0.1) is 0 Å². The van der Waals surface area contributed by atoms with E-state index in [0.29, 0.717) is 24.1 Å². The Morgan fingerprint density at radius 2 is 2.05 bits per heavy atom. The molecule has 0 bridgehead atoms. The molecule has 2 aromatic rings. The van der Waals surface area contributed by atoms with Crippen LogP contribution in [0.15, 0.2) is 47.1 Å². The summed E-state index contributed by atoms with van der Waals surface area (Å²) in [5.41, 5.74) is 0.823. The lowest BCUT2D eigenvalue weighted by atomic mass is 9.75. The zero-order chi connectivity index (χ0) is 15.5. The smallest absolute Gasteiger partial charge is 0.132 e. The summed E-state index contributed by atoms with van der Waals surface area (Å²) in [6, 6.07) is 11.2. The van der Waals surface area contributed by atoms with Crippen LogP contribution < -0.4 is 5.32 Å². The number of nitrogens with one attached hydrogen (secondary N) is 1. The van der Waals surface area contributed by atoms with Crippen LogP contribution in [0.4, 0.5) is 4.39 Å². The van der Waals surface area contributed by atoms with Crippen molar-refractivity contribution in [1.29, 1.82) is 0 Å². The average Bonchev–Trinajstić information content (AvgIpc) is 2.98. The molecule has 1 aliphatic carbocycles. The average molecular weight is 303 g/mol. The normalized spacial score (nSPS) is 23.8. The molecule has 1 heterocycles. The highest BCUT2D eigenvalue weighted by Gasteiger charge is 2.32. The molecule has 0 spiro atoms. The van der Waals surface area contributed by atoms with Crippen LogP contribution in [0.5, 0.6) is 0 Å². The largest absolute Gasteiger partial charge is 0.467 e. The Labute approximate surface area is 130 Å². The Morgan fingerprint density at radius 1 is 1.27 bits per heavy atom. The second-order valence-electron chi connectivity index (χ2n) is 6.22. The summed E-state index contributed by atoms with van der Waals surface area (Å²) < 4.78 is 18.9. The molecule has 4 heteroatoms. The van der Waals surface area contributed by atoms with Crippen molar-refractivity contribution in [2.75, 3.05) is 0 Å². The molecule has 0 saturated heterocycles. The van der Waals surface area contributed by atoms with Gasteiger partial charge in [-0.2, -0.15) is 0 Å². The lowest BCUT2D eigenvalue weighted by molar-refractivity contribution is 0.122. The van der Waals surface area contributed by atoms with Gasteiger partial charge in [-0.1, -0.05) is 18.2 Å². The molecule has 3 nitrogen and oxygen atoms in total. The highest BCUT2D eigenvalue weighted by atomic mass is 19.1. The fourth-order valence-electron chi connectivity index (χ4n) is 3.22. The molecule has 118 valence electrons. The molecule has 1 aliphatic rings. The van der Waals surface area contributed by atoms with Crippen LogP contribution in [-0.4, -0.2) is 17.2 Å². The van der Waals surface area contributed by atoms with Gasteiger partial charge in [0.05, 0.1) is 6.26 Å². The summed E-state index contributed by atoms with van der Waals surface area (Å²) in [7, 11) is 0. The van der Waals surface area contributed by atoms with E-state index in [0.717, 1.165) is 18.4 Å². The predicted molar refractivity (Wildman–Crippen MR) is 83.0 cm³/mol. The minimum absolute atomic E-state index is 0.104. The first-order valence-corrected chi connectivity index (χ1v) is 7.85. The van der Waals surface area contributed by atoms with Crippen molar-refractivity contribution >= 4 is 0 Å². The monoisotopic (exact) mass is 303 g/mol. The molecule has 0 amide bonds. The van der Waals surface area contributed by atoms with Gasteiger partial charge >= 0.3 is 0 Å². The first kappa shape index (κ1) is 15.3. The second kappa shape index (κ2) is 6.63. The van der Waals surface area contributed by atoms with Gasteiger partial charge in [0.2, 0.25) is 0 Å². The maximum absolute atomic E-state index is 13.7. The highest BCUT2D eigenvalue weighted by molar-refractivity contribution is 5.24. The standard InChI is InChI=1S/C18H22FNO2/c1-12(9-17(21)18-7-4-8-22-18)20-14-10-13(11-14)15-5-2-3-6-16(15)19/h2-8,12-14,17,20-21H,9-11H2,1H3/t12-,13?,14?,17+/m0/s1. The van der Waals surface area contributed by atoms with Crippen LogP contribution in [0.25, 0.3) is 0 Å². The molecule has 1 aromatic heterocycles. The number of hydrogen-bond donors (Lipinski definition) is 2. The van der Waals surface area contributed by atoms with Crippen molar-refractivity contribution in [3.8, 4) is 0 Å². The molecular formula is C18H22FNO2. The van der Waals surface area contributed by atoms with Gasteiger partial charge in [0, 0.05) is 12.1 Å². The third-order valence-electron chi connectivity index (χ3n) is 4.45. The van der Waals surface area contributed by atoms with Gasteiger partial charge in [-0.3, -0.25) is 0 Å². The van der Waals surface area contributed by atoms with E-state index in [1.165, 1.54) is 6.07 Å². The summed E-state index contributed by atoms with van der Waals surface area (Å²) in [6.07, 6.45) is 3.49. The number of benzene rings is 1. The number of halogens is 1. The van der Waals surface area contributed by atoms with Crippen molar-refractivity contribution in [2.45, 2.75) is 50.3 Å². The number of rotatable bonds is 6. The van der Waals surface area contributed by atoms with Gasteiger partial charge in [0.15, 0.2) is 0 Å². The molecule has 2 N–H and O–H groups in total. The quantitative estimate of drug-likeness (QED) is 0.854. The number of furan rings is 1. The summed E-state index contributed by atoms with van der Waals surface area (Å²) in [5.74, 6) is 0.805. The van der Waals surface area contributed by atoms with Crippen LogP contribution in [0, 0.1) is 5.82 Å². The maximum Gasteiger partial charge on any atom is 0.132 e. The van der Waals surface area contributed by atoms with Crippen molar-refractivity contribution in [1.82, 2.24) is 5.32 Å². The molecule has 22 heavy (non-hydrogen) atoms. The van der Waals surface area contributed by atoms with Gasteiger partial charge in [-0.05, 0) is 55.9 Å². The van der Waals surface area contributed by atoms with Crippen LogP contribution in [0.3, 0.4) is 0 Å². The molecule has 0 radical (unpaired) electrons. The Morgan fingerprint density at radius 3 is 2.73 bits per heavy atom. The second-order valence-corrected chi connectivity index (χ2v) is 6.22. The molecule has 1 fully saturated rings. The molecule has 0 aliphatic heterocycles. The van der Waals surface area contributed by atoms with Crippen LogP contribution in [0.2, 0.25) is 0 Å². The van der Waals surface area contributed by atoms with E-state index in [9.17, 15) is 9.50 Å². The molecule has 1 aromatic carbocycles. The van der Waals surface area contributed by atoms with E-state index in [1.54, 1.807) is 24.5 Å². The zero-order valence-electron chi connectivity index (χ0n) is 12.7. The minimum atomic E-state index is -0.583. The van der Waals surface area contributed by atoms with Gasteiger partial charge < -0.3 is 14.8 Å². The molecule has 0 unspecified atom stereocenters. The van der Waals surface area contributed by atoms with Crippen LogP contribution >= 0.6 is 0 Å². The SMILES string of the molecule is C[C@@H](C[C@@H](O)c1ccco1)NC1CC(c2ccccc2F)C1. The Hall–Kier alpha value is -1.65. The number of aliphatic hydroxyl groups excluding tert-OH is 1. The van der Waals surface area contributed by atoms with E-state index in [-0.39, 0.29) is 11.9 Å². The lowest BCUT2D eigenvalue weighted by Crippen LogP contribution is -2.45. The summed E-state index contributed by atoms with van der Waals surface area (Å²) in [5, 5.41) is 13.6. The van der Waals surface area contributed by atoms with E-state index in [4.69, 9.17) is 4.42 Å². The van der Waals surface area contributed by atoms with E-state index < -0.39 is 6.10 Å². The Balaban J connectivity index is 1.45. The molecule has 3 rings (SSSR count). The predicted octanol–water partition coefficient (Wildman–Crippen LogP) is 3.77. The summed E-state index contributed by atoms with van der Waals surface area (Å²) in [6.45, 7) is 2.06. The first-order valence-electron chi connectivity index (χ1n) is 7.85. The molecule has 2 atom stereocenters. The van der Waals surface area contributed by atoms with Gasteiger partial charge in [0.25, 0.3) is 0 Å². The van der Waals surface area contributed by atoms with Crippen LogP contribution in [0.1, 0.15) is 49.5 Å².